The van der Waals surface area contributed by atoms with Crippen molar-refractivity contribution in [2.45, 2.75) is 20.0 Å². The molecule has 0 bridgehead atoms. The molecule has 9 nitrogen and oxygen atoms in total. The number of aryl methyl sites for hydroxylation is 1. The van der Waals surface area contributed by atoms with E-state index < -0.39 is 0 Å². The summed E-state index contributed by atoms with van der Waals surface area (Å²) in [5.74, 6) is 1.97. The number of furan rings is 1. The Hall–Kier alpha value is -3.63. The molecule has 1 fully saturated rings. The number of hydrogen-bond donors (Lipinski definition) is 0. The minimum Gasteiger partial charge on any atom is -0.496 e. The van der Waals surface area contributed by atoms with Gasteiger partial charge in [-0.05, 0) is 31.5 Å². The van der Waals surface area contributed by atoms with E-state index in [2.05, 4.69) is 15.0 Å². The molecule has 0 atom stereocenters. The lowest BCUT2D eigenvalue weighted by Gasteiger charge is -2.17. The monoisotopic (exact) mass is 491 g/mol. The third kappa shape index (κ3) is 4.42. The molecule has 0 unspecified atom stereocenters. The molecule has 1 aliphatic heterocycles. The molecule has 0 aliphatic carbocycles. The first-order valence-electron chi connectivity index (χ1n) is 11.5. The number of rotatable bonds is 6. The van der Waals surface area contributed by atoms with Crippen LogP contribution in [0.2, 0.25) is 0 Å². The van der Waals surface area contributed by atoms with Crippen LogP contribution in [0, 0.1) is 6.92 Å². The normalized spacial score (nSPS) is 14.5. The summed E-state index contributed by atoms with van der Waals surface area (Å²) < 4.78 is 25.2. The fourth-order valence-electron chi connectivity index (χ4n) is 4.14. The van der Waals surface area contributed by atoms with Crippen molar-refractivity contribution < 1.29 is 18.6 Å². The van der Waals surface area contributed by atoms with Crippen LogP contribution in [0.25, 0.3) is 28.1 Å². The SMILES string of the molecule is COc1cc(OCc2csc(N3CCCOCC3)n2)c2cc(-c3cn4nc(C)ccc4n3)oc2c1. The maximum Gasteiger partial charge on any atom is 0.185 e. The number of imidazole rings is 1. The van der Waals surface area contributed by atoms with E-state index in [0.717, 1.165) is 60.3 Å². The van der Waals surface area contributed by atoms with Crippen molar-refractivity contribution >= 4 is 33.1 Å². The Morgan fingerprint density at radius 2 is 2.06 bits per heavy atom. The Kier molecular flexibility index (Phi) is 5.75. The highest BCUT2D eigenvalue weighted by Crippen LogP contribution is 2.37. The molecule has 0 N–H and O–H groups in total. The number of ether oxygens (including phenoxy) is 3. The van der Waals surface area contributed by atoms with E-state index in [9.17, 15) is 0 Å². The smallest absolute Gasteiger partial charge is 0.185 e. The average molecular weight is 492 g/mol. The van der Waals surface area contributed by atoms with Gasteiger partial charge in [0.1, 0.15) is 29.4 Å². The molecular weight excluding hydrogens is 466 g/mol. The van der Waals surface area contributed by atoms with Crippen LogP contribution in [-0.4, -0.2) is 53.0 Å². The van der Waals surface area contributed by atoms with E-state index in [-0.39, 0.29) is 0 Å². The molecule has 0 saturated carbocycles. The zero-order valence-electron chi connectivity index (χ0n) is 19.6. The van der Waals surface area contributed by atoms with Gasteiger partial charge in [-0.2, -0.15) is 5.10 Å². The van der Waals surface area contributed by atoms with E-state index in [1.807, 2.05) is 48.8 Å². The second-order valence-electron chi connectivity index (χ2n) is 8.41. The van der Waals surface area contributed by atoms with Gasteiger partial charge in [0, 0.05) is 37.2 Å². The quantitative estimate of drug-likeness (QED) is 0.337. The van der Waals surface area contributed by atoms with Gasteiger partial charge in [0.2, 0.25) is 0 Å². The van der Waals surface area contributed by atoms with Gasteiger partial charge in [0.15, 0.2) is 16.5 Å². The summed E-state index contributed by atoms with van der Waals surface area (Å²) >= 11 is 1.64. The van der Waals surface area contributed by atoms with Crippen molar-refractivity contribution in [3.05, 3.63) is 53.3 Å². The zero-order chi connectivity index (χ0) is 23.8. The average Bonchev–Trinajstić information content (AvgIpc) is 3.56. The molecule has 10 heteroatoms. The number of methoxy groups -OCH3 is 1. The standard InChI is InChI=1S/C25H25N5O4S/c1-16-4-5-24-27-20(13-30(24)28-16)23-12-19-21(10-18(31-2)11-22(19)34-23)33-14-17-15-35-25(26-17)29-6-3-8-32-9-7-29/h4-5,10-13,15H,3,6-9,14H2,1-2H3. The molecule has 4 aromatic heterocycles. The minimum absolute atomic E-state index is 0.348. The van der Waals surface area contributed by atoms with Gasteiger partial charge in [0.05, 0.1) is 36.7 Å². The first-order chi connectivity index (χ1) is 17.2. The number of anilines is 1. The highest BCUT2D eigenvalue weighted by Gasteiger charge is 2.17. The van der Waals surface area contributed by atoms with Gasteiger partial charge in [-0.25, -0.2) is 14.5 Å². The van der Waals surface area contributed by atoms with Gasteiger partial charge in [-0.1, -0.05) is 0 Å². The fraction of sp³-hybridized carbons (Fsp3) is 0.320. The van der Waals surface area contributed by atoms with E-state index in [0.29, 0.717) is 35.1 Å². The van der Waals surface area contributed by atoms with Crippen molar-refractivity contribution in [1.82, 2.24) is 19.6 Å². The lowest BCUT2D eigenvalue weighted by molar-refractivity contribution is 0.152. The Morgan fingerprint density at radius 1 is 1.11 bits per heavy atom. The van der Waals surface area contributed by atoms with Gasteiger partial charge in [-0.15, -0.1) is 11.3 Å². The predicted octanol–water partition coefficient (Wildman–Crippen LogP) is 4.72. The van der Waals surface area contributed by atoms with Crippen molar-refractivity contribution in [3.8, 4) is 23.0 Å². The lowest BCUT2D eigenvalue weighted by Crippen LogP contribution is -2.25. The fourth-order valence-corrected chi connectivity index (χ4v) is 5.00. The summed E-state index contributed by atoms with van der Waals surface area (Å²) in [5.41, 5.74) is 3.93. The molecular formula is C25H25N5O4S. The van der Waals surface area contributed by atoms with E-state index >= 15 is 0 Å². The summed E-state index contributed by atoms with van der Waals surface area (Å²) in [5, 5.41) is 8.38. The molecule has 1 saturated heterocycles. The predicted molar refractivity (Wildman–Crippen MR) is 134 cm³/mol. The third-order valence-corrected chi connectivity index (χ3v) is 6.87. The Balaban J connectivity index is 1.27. The van der Waals surface area contributed by atoms with E-state index in [1.54, 1.807) is 23.0 Å². The van der Waals surface area contributed by atoms with Gasteiger partial charge in [0.25, 0.3) is 0 Å². The van der Waals surface area contributed by atoms with E-state index in [1.165, 1.54) is 0 Å². The van der Waals surface area contributed by atoms with E-state index in [4.69, 9.17) is 23.6 Å². The van der Waals surface area contributed by atoms with Crippen LogP contribution < -0.4 is 14.4 Å². The highest BCUT2D eigenvalue weighted by atomic mass is 32.1. The van der Waals surface area contributed by atoms with Crippen LogP contribution in [0.3, 0.4) is 0 Å². The molecule has 6 rings (SSSR count). The topological polar surface area (TPSA) is 87.2 Å². The summed E-state index contributed by atoms with van der Waals surface area (Å²) in [6.07, 6.45) is 2.88. The second kappa shape index (κ2) is 9.20. The molecule has 0 spiro atoms. The Morgan fingerprint density at radius 3 is 2.97 bits per heavy atom. The Bertz CT molecular complexity index is 1480. The molecule has 5 heterocycles. The second-order valence-corrected chi connectivity index (χ2v) is 9.25. The summed E-state index contributed by atoms with van der Waals surface area (Å²) in [6.45, 7) is 5.66. The molecule has 1 aromatic carbocycles. The van der Waals surface area contributed by atoms with Crippen LogP contribution in [0.4, 0.5) is 5.13 Å². The van der Waals surface area contributed by atoms with Crippen LogP contribution in [0.1, 0.15) is 17.8 Å². The van der Waals surface area contributed by atoms with Gasteiger partial charge in [-0.3, -0.25) is 0 Å². The Labute approximate surface area is 205 Å². The number of fused-ring (bicyclic) bond motifs is 2. The van der Waals surface area contributed by atoms with Gasteiger partial charge >= 0.3 is 0 Å². The number of aromatic nitrogens is 4. The summed E-state index contributed by atoms with van der Waals surface area (Å²) in [6, 6.07) is 9.54. The van der Waals surface area contributed by atoms with Crippen molar-refractivity contribution in [3.63, 3.8) is 0 Å². The minimum atomic E-state index is 0.348. The molecule has 5 aromatic rings. The lowest BCUT2D eigenvalue weighted by atomic mass is 10.2. The molecule has 0 radical (unpaired) electrons. The summed E-state index contributed by atoms with van der Waals surface area (Å²) in [4.78, 5) is 11.7. The third-order valence-electron chi connectivity index (χ3n) is 5.92. The maximum atomic E-state index is 6.22. The van der Waals surface area contributed by atoms with Crippen molar-refractivity contribution in [1.29, 1.82) is 0 Å². The zero-order valence-corrected chi connectivity index (χ0v) is 20.4. The van der Waals surface area contributed by atoms with Crippen molar-refractivity contribution in [2.75, 3.05) is 38.3 Å². The highest BCUT2D eigenvalue weighted by molar-refractivity contribution is 7.13. The number of benzene rings is 1. The largest absolute Gasteiger partial charge is 0.496 e. The molecule has 180 valence electrons. The first kappa shape index (κ1) is 21.9. The van der Waals surface area contributed by atoms with Crippen molar-refractivity contribution in [2.24, 2.45) is 0 Å². The van der Waals surface area contributed by atoms with Gasteiger partial charge < -0.3 is 23.5 Å². The number of hydrogen-bond acceptors (Lipinski definition) is 9. The summed E-state index contributed by atoms with van der Waals surface area (Å²) in [7, 11) is 1.63. The maximum absolute atomic E-state index is 6.22. The number of nitrogens with zero attached hydrogens (tertiary/aromatic N) is 5. The van der Waals surface area contributed by atoms with Crippen LogP contribution in [0.5, 0.6) is 11.5 Å². The number of thiazole rings is 1. The first-order valence-corrected chi connectivity index (χ1v) is 12.4. The van der Waals surface area contributed by atoms with Crippen LogP contribution in [-0.2, 0) is 11.3 Å². The van der Waals surface area contributed by atoms with Crippen LogP contribution in [0.15, 0.2) is 46.3 Å². The van der Waals surface area contributed by atoms with Crippen LogP contribution >= 0.6 is 11.3 Å². The molecule has 35 heavy (non-hydrogen) atoms. The molecule has 1 aliphatic rings. The molecule has 0 amide bonds.